The summed E-state index contributed by atoms with van der Waals surface area (Å²) in [6.45, 7) is 14.9. The third-order valence-corrected chi connectivity index (χ3v) is 7.52. The molecule has 0 atom stereocenters. The van der Waals surface area contributed by atoms with Gasteiger partial charge in [0.15, 0.2) is 5.82 Å². The van der Waals surface area contributed by atoms with Crippen LogP contribution >= 0.6 is 0 Å². The molecule has 0 aliphatic rings. The van der Waals surface area contributed by atoms with Gasteiger partial charge in [-0.05, 0) is 54.6 Å². The zero-order valence-electron chi connectivity index (χ0n) is 28.2. The number of H-pyrrole nitrogens is 2. The molecular weight excluding hydrogens is 630 g/mol. The van der Waals surface area contributed by atoms with Gasteiger partial charge >= 0.3 is 0 Å². The molecule has 7 rings (SSSR count). The smallest absolute Gasteiger partial charge is 0.159 e. The van der Waals surface area contributed by atoms with Crippen LogP contribution in [0, 0.1) is 11.6 Å². The number of nitrogens with one attached hydrogen (secondary N) is 4. The average Bonchev–Trinajstić information content (AvgIpc) is 3.73. The molecule has 4 N–H and O–H groups in total. The number of fused-ring (bicyclic) bond motifs is 2. The predicted octanol–water partition coefficient (Wildman–Crippen LogP) is 9.38. The van der Waals surface area contributed by atoms with Crippen molar-refractivity contribution in [2.75, 3.05) is 12.4 Å². The van der Waals surface area contributed by atoms with E-state index in [1.165, 1.54) is 18.2 Å². The van der Waals surface area contributed by atoms with Gasteiger partial charge in [0.1, 0.15) is 22.8 Å². The Bertz CT molecular complexity index is 2280. The first-order valence-corrected chi connectivity index (χ1v) is 16.1. The number of pyridine rings is 2. The number of anilines is 1. The molecule has 0 amide bonds. The van der Waals surface area contributed by atoms with Crippen LogP contribution in [0.2, 0.25) is 0 Å². The molecular formula is C40H38F2N8. The van der Waals surface area contributed by atoms with Crippen LogP contribution in [0.4, 0.5) is 14.5 Å². The number of halogens is 2. The number of imidazole rings is 1. The summed E-state index contributed by atoms with van der Waals surface area (Å²) in [6.07, 6.45) is 5.60. The number of benzene rings is 3. The van der Waals surface area contributed by atoms with Crippen molar-refractivity contribution in [3.63, 3.8) is 0 Å². The Kier molecular flexibility index (Phi) is 11.4. The molecule has 252 valence electrons. The molecule has 0 unspecified atom stereocenters. The minimum absolute atomic E-state index is 0.352. The van der Waals surface area contributed by atoms with E-state index in [4.69, 9.17) is 4.98 Å². The Morgan fingerprint density at radius 3 is 2.42 bits per heavy atom. The largest absolute Gasteiger partial charge is 0.358 e. The van der Waals surface area contributed by atoms with Crippen molar-refractivity contribution in [2.24, 2.45) is 0 Å². The fraction of sp³-hybridized carbons (Fsp3) is 0.125. The number of aromatic nitrogens is 6. The lowest BCUT2D eigenvalue weighted by molar-refractivity contribution is 0.624. The van der Waals surface area contributed by atoms with Gasteiger partial charge in [-0.25, -0.2) is 13.8 Å². The number of hydrogen-bond donors (Lipinski definition) is 4. The Morgan fingerprint density at radius 2 is 1.66 bits per heavy atom. The number of hydrogen-bond acceptors (Lipinski definition) is 6. The zero-order chi connectivity index (χ0) is 35.6. The van der Waals surface area contributed by atoms with Crippen molar-refractivity contribution in [3.8, 4) is 33.9 Å². The van der Waals surface area contributed by atoms with Crippen molar-refractivity contribution in [1.82, 2.24) is 35.5 Å². The highest BCUT2D eigenvalue weighted by atomic mass is 19.1. The molecule has 0 bridgehead atoms. The molecule has 0 saturated heterocycles. The number of aromatic amines is 2. The third-order valence-electron chi connectivity index (χ3n) is 7.52. The first-order chi connectivity index (χ1) is 24.4. The third kappa shape index (κ3) is 7.90. The normalized spacial score (nSPS) is 10.5. The lowest BCUT2D eigenvalue weighted by atomic mass is 10.0. The summed E-state index contributed by atoms with van der Waals surface area (Å²) in [4.78, 5) is 17.0. The van der Waals surface area contributed by atoms with Crippen LogP contribution in [0.25, 0.3) is 55.8 Å². The molecule has 10 heteroatoms. The first-order valence-electron chi connectivity index (χ1n) is 16.1. The van der Waals surface area contributed by atoms with Crippen LogP contribution in [0.15, 0.2) is 123 Å². The highest BCUT2D eigenvalue weighted by molar-refractivity contribution is 5.97. The van der Waals surface area contributed by atoms with E-state index < -0.39 is 5.82 Å². The second-order valence-corrected chi connectivity index (χ2v) is 11.1. The predicted molar refractivity (Wildman–Crippen MR) is 199 cm³/mol. The second kappa shape index (κ2) is 16.3. The van der Waals surface area contributed by atoms with E-state index in [2.05, 4.69) is 61.3 Å². The van der Waals surface area contributed by atoms with Gasteiger partial charge < -0.3 is 15.6 Å². The van der Waals surface area contributed by atoms with E-state index in [9.17, 15) is 4.39 Å². The SMILES string of the molecule is C=C(Cc1ccccc1)Nc1cncc(-c2cc3c(-c4nc5c(-c6cc(F)cc(CNC)c6)nccc5[nH]4)n[nH]c3cc2F)c1.C=C=C.CC. The van der Waals surface area contributed by atoms with Gasteiger partial charge in [-0.15, -0.1) is 5.73 Å². The number of nitrogens with zero attached hydrogens (tertiary/aromatic N) is 4. The fourth-order valence-corrected chi connectivity index (χ4v) is 5.54. The van der Waals surface area contributed by atoms with Gasteiger partial charge in [0.05, 0.1) is 28.6 Å². The summed E-state index contributed by atoms with van der Waals surface area (Å²) in [5.41, 5.74) is 10.1. The molecule has 7 aromatic rings. The Morgan fingerprint density at radius 1 is 0.880 bits per heavy atom. The zero-order valence-corrected chi connectivity index (χ0v) is 28.2. The molecule has 0 radical (unpaired) electrons. The molecule has 0 saturated carbocycles. The van der Waals surface area contributed by atoms with Crippen LogP contribution in [0.5, 0.6) is 0 Å². The molecule has 50 heavy (non-hydrogen) atoms. The molecule has 3 aromatic carbocycles. The first kappa shape index (κ1) is 35.1. The van der Waals surface area contributed by atoms with E-state index >= 15 is 4.39 Å². The number of rotatable bonds is 9. The van der Waals surface area contributed by atoms with Gasteiger partial charge in [-0.3, -0.25) is 15.1 Å². The maximum Gasteiger partial charge on any atom is 0.159 e. The molecule has 0 aliphatic carbocycles. The van der Waals surface area contributed by atoms with Gasteiger partial charge in [0, 0.05) is 59.2 Å². The van der Waals surface area contributed by atoms with Gasteiger partial charge in [-0.2, -0.15) is 5.10 Å². The quantitative estimate of drug-likeness (QED) is 0.114. The van der Waals surface area contributed by atoms with Gasteiger partial charge in [0.2, 0.25) is 0 Å². The molecule has 4 aromatic heterocycles. The Balaban J connectivity index is 0.000000924. The molecule has 4 heterocycles. The van der Waals surface area contributed by atoms with Crippen molar-refractivity contribution >= 4 is 27.6 Å². The lowest BCUT2D eigenvalue weighted by Crippen LogP contribution is -2.05. The second-order valence-electron chi connectivity index (χ2n) is 11.1. The van der Waals surface area contributed by atoms with Crippen LogP contribution < -0.4 is 10.6 Å². The highest BCUT2D eigenvalue weighted by Crippen LogP contribution is 2.34. The minimum Gasteiger partial charge on any atom is -0.358 e. The summed E-state index contributed by atoms with van der Waals surface area (Å²) in [5, 5.41) is 14.4. The topological polar surface area (TPSA) is 107 Å². The lowest BCUT2D eigenvalue weighted by Gasteiger charge is -2.11. The summed E-state index contributed by atoms with van der Waals surface area (Å²) in [6, 6.07) is 21.7. The van der Waals surface area contributed by atoms with Crippen LogP contribution in [-0.4, -0.2) is 37.2 Å². The Hall–Kier alpha value is -6.22. The van der Waals surface area contributed by atoms with E-state index in [-0.39, 0.29) is 5.82 Å². The van der Waals surface area contributed by atoms with Crippen molar-refractivity contribution in [3.05, 3.63) is 145 Å². The highest BCUT2D eigenvalue weighted by Gasteiger charge is 2.19. The average molecular weight is 669 g/mol. The number of allylic oxidation sites excluding steroid dienone is 1. The van der Waals surface area contributed by atoms with Crippen LogP contribution in [0.1, 0.15) is 25.0 Å². The van der Waals surface area contributed by atoms with Gasteiger partial charge in [-0.1, -0.05) is 63.9 Å². The van der Waals surface area contributed by atoms with E-state index in [1.807, 2.05) is 63.4 Å². The summed E-state index contributed by atoms with van der Waals surface area (Å²) in [5.74, 6) is -0.297. The minimum atomic E-state index is -0.417. The van der Waals surface area contributed by atoms with Crippen LogP contribution in [0.3, 0.4) is 0 Å². The molecule has 0 spiro atoms. The van der Waals surface area contributed by atoms with Crippen molar-refractivity contribution in [2.45, 2.75) is 26.8 Å². The fourth-order valence-electron chi connectivity index (χ4n) is 5.54. The van der Waals surface area contributed by atoms with Crippen molar-refractivity contribution < 1.29 is 8.78 Å². The standard InChI is InChI=1S/C35H28F2N8.C3H4.C2H6/c1-20(10-21-6-4-3-5-7-21)41-26-14-24(18-39-19-26)27-15-28-31(16-29(27)37)44-45-33(28)35-42-30-8-9-40-32(34(30)43-35)23-11-22(17-38-2)12-25(36)13-23;1-3-2;1-2/h3-9,11-16,18-19,38,41H,1,10,17H2,2H3,(H,42,43)(H,44,45);1-2H2;1-2H3. The molecule has 8 nitrogen and oxygen atoms in total. The van der Waals surface area contributed by atoms with E-state index in [1.54, 1.807) is 30.7 Å². The molecule has 0 aliphatic heterocycles. The summed E-state index contributed by atoms with van der Waals surface area (Å²) >= 11 is 0. The molecule has 0 fully saturated rings. The van der Waals surface area contributed by atoms with Gasteiger partial charge in [0.25, 0.3) is 0 Å². The van der Waals surface area contributed by atoms with E-state index in [0.29, 0.717) is 74.5 Å². The summed E-state index contributed by atoms with van der Waals surface area (Å²) in [7, 11) is 1.81. The monoisotopic (exact) mass is 668 g/mol. The van der Waals surface area contributed by atoms with Crippen molar-refractivity contribution in [1.29, 1.82) is 0 Å². The van der Waals surface area contributed by atoms with E-state index in [0.717, 1.165) is 16.8 Å². The maximum atomic E-state index is 15.4. The summed E-state index contributed by atoms with van der Waals surface area (Å²) < 4.78 is 29.9. The maximum absolute atomic E-state index is 15.4. The Labute approximate surface area is 289 Å². The van der Waals surface area contributed by atoms with Crippen LogP contribution in [-0.2, 0) is 13.0 Å².